The Morgan fingerprint density at radius 3 is 2.86 bits per heavy atom. The minimum absolute atomic E-state index is 0.525. The number of furan rings is 1. The Morgan fingerprint density at radius 2 is 2.10 bits per heavy atom. The van der Waals surface area contributed by atoms with E-state index >= 15 is 0 Å². The lowest BCUT2D eigenvalue weighted by Crippen LogP contribution is -2.54. The molecule has 2 heterocycles. The molecule has 0 spiro atoms. The lowest BCUT2D eigenvalue weighted by atomic mass is 10.0. The van der Waals surface area contributed by atoms with Gasteiger partial charge in [-0.1, -0.05) is 30.3 Å². The molecule has 1 aromatic heterocycles. The molecule has 0 aliphatic carbocycles. The molecule has 0 amide bonds. The second-order valence-electron chi connectivity index (χ2n) is 5.97. The number of nitrogens with zero attached hydrogens (tertiary/aromatic N) is 1. The molecular weight excluding hydrogens is 260 g/mol. The Bertz CT molecular complexity index is 523. The first-order valence-corrected chi connectivity index (χ1v) is 7.85. The zero-order valence-corrected chi connectivity index (χ0v) is 12.7. The smallest absolute Gasteiger partial charge is 0.105 e. The SMILES string of the molecule is CC(Cc1ccco1)N1CCNC(Cc2ccccc2)C1. The molecule has 2 aromatic rings. The molecular formula is C18H24N2O. The molecule has 1 aliphatic rings. The van der Waals surface area contributed by atoms with Gasteiger partial charge in [0.15, 0.2) is 0 Å². The number of piperazine rings is 1. The number of rotatable bonds is 5. The van der Waals surface area contributed by atoms with Gasteiger partial charge in [-0.05, 0) is 31.0 Å². The predicted octanol–water partition coefficient (Wildman–Crippen LogP) is 2.73. The predicted molar refractivity (Wildman–Crippen MR) is 85.4 cm³/mol. The Hall–Kier alpha value is -1.58. The molecule has 1 fully saturated rings. The lowest BCUT2D eigenvalue weighted by molar-refractivity contribution is 0.147. The van der Waals surface area contributed by atoms with Crippen molar-refractivity contribution >= 4 is 0 Å². The van der Waals surface area contributed by atoms with E-state index in [0.717, 1.165) is 38.2 Å². The quantitative estimate of drug-likeness (QED) is 0.915. The van der Waals surface area contributed by atoms with Crippen molar-refractivity contribution < 1.29 is 4.42 Å². The minimum atomic E-state index is 0.525. The second kappa shape index (κ2) is 6.92. The van der Waals surface area contributed by atoms with Crippen LogP contribution < -0.4 is 5.32 Å². The van der Waals surface area contributed by atoms with Crippen LogP contribution in [0.25, 0.3) is 0 Å². The Kier molecular flexibility index (Phi) is 4.73. The van der Waals surface area contributed by atoms with Gasteiger partial charge in [0.2, 0.25) is 0 Å². The van der Waals surface area contributed by atoms with E-state index in [1.165, 1.54) is 5.56 Å². The van der Waals surface area contributed by atoms with Crippen molar-refractivity contribution in [3.63, 3.8) is 0 Å². The number of hydrogen-bond acceptors (Lipinski definition) is 3. The highest BCUT2D eigenvalue weighted by atomic mass is 16.3. The highest BCUT2D eigenvalue weighted by Gasteiger charge is 2.23. The minimum Gasteiger partial charge on any atom is -0.469 e. The van der Waals surface area contributed by atoms with Gasteiger partial charge >= 0.3 is 0 Å². The van der Waals surface area contributed by atoms with E-state index in [2.05, 4.69) is 53.5 Å². The molecule has 2 unspecified atom stereocenters. The fraction of sp³-hybridized carbons (Fsp3) is 0.444. The Morgan fingerprint density at radius 1 is 1.24 bits per heavy atom. The van der Waals surface area contributed by atoms with Crippen LogP contribution in [0.3, 0.4) is 0 Å². The van der Waals surface area contributed by atoms with Crippen LogP contribution in [-0.4, -0.2) is 36.6 Å². The summed E-state index contributed by atoms with van der Waals surface area (Å²) in [5.41, 5.74) is 1.41. The van der Waals surface area contributed by atoms with E-state index in [9.17, 15) is 0 Å². The molecule has 1 aromatic carbocycles. The maximum absolute atomic E-state index is 5.48. The first-order chi connectivity index (χ1) is 10.3. The zero-order valence-electron chi connectivity index (χ0n) is 12.7. The molecule has 3 nitrogen and oxygen atoms in total. The summed E-state index contributed by atoms with van der Waals surface area (Å²) in [6.07, 6.45) is 3.86. The normalized spacial score (nSPS) is 21.3. The molecule has 0 radical (unpaired) electrons. The average molecular weight is 284 g/mol. The van der Waals surface area contributed by atoms with E-state index in [1.54, 1.807) is 6.26 Å². The summed E-state index contributed by atoms with van der Waals surface area (Å²) in [5.74, 6) is 1.08. The lowest BCUT2D eigenvalue weighted by Gasteiger charge is -2.37. The molecule has 3 heteroatoms. The van der Waals surface area contributed by atoms with Crippen LogP contribution in [-0.2, 0) is 12.8 Å². The van der Waals surface area contributed by atoms with Crippen molar-refractivity contribution in [3.05, 3.63) is 60.1 Å². The van der Waals surface area contributed by atoms with Gasteiger partial charge in [0, 0.05) is 38.1 Å². The number of benzene rings is 1. The molecule has 112 valence electrons. The fourth-order valence-corrected chi connectivity index (χ4v) is 3.14. The van der Waals surface area contributed by atoms with E-state index in [-0.39, 0.29) is 0 Å². The number of nitrogens with one attached hydrogen (secondary N) is 1. The molecule has 21 heavy (non-hydrogen) atoms. The molecule has 1 saturated heterocycles. The molecule has 3 rings (SSSR count). The van der Waals surface area contributed by atoms with Crippen LogP contribution >= 0.6 is 0 Å². The third-order valence-corrected chi connectivity index (χ3v) is 4.31. The van der Waals surface area contributed by atoms with Crippen LogP contribution in [0.4, 0.5) is 0 Å². The molecule has 2 atom stereocenters. The third kappa shape index (κ3) is 3.96. The van der Waals surface area contributed by atoms with Crippen LogP contribution in [0.2, 0.25) is 0 Å². The van der Waals surface area contributed by atoms with Crippen LogP contribution in [0.1, 0.15) is 18.2 Å². The van der Waals surface area contributed by atoms with E-state index in [4.69, 9.17) is 4.42 Å². The molecule has 0 bridgehead atoms. The summed E-state index contributed by atoms with van der Waals surface area (Å²) in [7, 11) is 0. The molecule has 1 N–H and O–H groups in total. The van der Waals surface area contributed by atoms with Gasteiger partial charge in [0.25, 0.3) is 0 Å². The van der Waals surface area contributed by atoms with Crippen molar-refractivity contribution in [1.29, 1.82) is 0 Å². The van der Waals surface area contributed by atoms with E-state index in [1.807, 2.05) is 6.07 Å². The van der Waals surface area contributed by atoms with Gasteiger partial charge in [-0.25, -0.2) is 0 Å². The maximum atomic E-state index is 5.48. The Balaban J connectivity index is 1.55. The second-order valence-corrected chi connectivity index (χ2v) is 5.97. The summed E-state index contributed by atoms with van der Waals surface area (Å²) in [6, 6.07) is 15.9. The first kappa shape index (κ1) is 14.4. The van der Waals surface area contributed by atoms with E-state index in [0.29, 0.717) is 12.1 Å². The van der Waals surface area contributed by atoms with Gasteiger partial charge in [-0.3, -0.25) is 4.90 Å². The van der Waals surface area contributed by atoms with Crippen LogP contribution in [0.15, 0.2) is 53.1 Å². The summed E-state index contributed by atoms with van der Waals surface area (Å²) in [4.78, 5) is 2.58. The fourth-order valence-electron chi connectivity index (χ4n) is 3.14. The topological polar surface area (TPSA) is 28.4 Å². The van der Waals surface area contributed by atoms with Crippen molar-refractivity contribution in [2.75, 3.05) is 19.6 Å². The first-order valence-electron chi connectivity index (χ1n) is 7.85. The third-order valence-electron chi connectivity index (χ3n) is 4.31. The van der Waals surface area contributed by atoms with Gasteiger partial charge in [-0.2, -0.15) is 0 Å². The monoisotopic (exact) mass is 284 g/mol. The Labute approximate surface area is 127 Å². The van der Waals surface area contributed by atoms with Gasteiger partial charge < -0.3 is 9.73 Å². The standard InChI is InChI=1S/C18H24N2O/c1-15(12-18-8-5-11-21-18)20-10-9-19-17(14-20)13-16-6-3-2-4-7-16/h2-8,11,15,17,19H,9-10,12-14H2,1H3. The zero-order chi connectivity index (χ0) is 14.5. The van der Waals surface area contributed by atoms with Gasteiger partial charge in [0.1, 0.15) is 5.76 Å². The average Bonchev–Trinajstić information content (AvgIpc) is 3.01. The van der Waals surface area contributed by atoms with Crippen molar-refractivity contribution in [2.45, 2.75) is 31.8 Å². The highest BCUT2D eigenvalue weighted by molar-refractivity contribution is 5.16. The summed E-state index contributed by atoms with van der Waals surface area (Å²) in [6.45, 7) is 5.59. The van der Waals surface area contributed by atoms with Gasteiger partial charge in [-0.15, -0.1) is 0 Å². The maximum Gasteiger partial charge on any atom is 0.105 e. The van der Waals surface area contributed by atoms with Crippen LogP contribution in [0.5, 0.6) is 0 Å². The molecule has 0 saturated carbocycles. The van der Waals surface area contributed by atoms with Gasteiger partial charge in [0.05, 0.1) is 6.26 Å². The highest BCUT2D eigenvalue weighted by Crippen LogP contribution is 2.13. The van der Waals surface area contributed by atoms with Crippen molar-refractivity contribution in [1.82, 2.24) is 10.2 Å². The van der Waals surface area contributed by atoms with Crippen molar-refractivity contribution in [2.24, 2.45) is 0 Å². The van der Waals surface area contributed by atoms with Crippen LogP contribution in [0, 0.1) is 0 Å². The molecule has 1 aliphatic heterocycles. The summed E-state index contributed by atoms with van der Waals surface area (Å²) in [5, 5.41) is 3.65. The largest absolute Gasteiger partial charge is 0.469 e. The number of hydrogen-bond donors (Lipinski definition) is 1. The summed E-state index contributed by atoms with van der Waals surface area (Å²) >= 11 is 0. The summed E-state index contributed by atoms with van der Waals surface area (Å²) < 4.78 is 5.48. The van der Waals surface area contributed by atoms with E-state index < -0.39 is 0 Å². The van der Waals surface area contributed by atoms with Crippen molar-refractivity contribution in [3.8, 4) is 0 Å².